The van der Waals surface area contributed by atoms with Crippen LogP contribution in [-0.4, -0.2) is 28.0 Å². The van der Waals surface area contributed by atoms with Crippen LogP contribution in [0.15, 0.2) is 15.9 Å². The average molecular weight is 316 g/mol. The van der Waals surface area contributed by atoms with Gasteiger partial charge in [-0.2, -0.15) is 0 Å². The molecule has 0 radical (unpaired) electrons. The number of nitrogen functional groups attached to an aromatic ring is 1. The van der Waals surface area contributed by atoms with Gasteiger partial charge in [0.15, 0.2) is 0 Å². The molecule has 1 aliphatic carbocycles. The van der Waals surface area contributed by atoms with Gasteiger partial charge in [-0.3, -0.25) is 14.7 Å². The van der Waals surface area contributed by atoms with Crippen molar-refractivity contribution in [1.29, 1.82) is 0 Å². The highest BCUT2D eigenvalue weighted by Crippen LogP contribution is 2.41. The normalized spacial score (nSPS) is 21.3. The third-order valence-electron chi connectivity index (χ3n) is 5.53. The number of nitrogens with zero attached hydrogens (tertiary/aromatic N) is 2. The van der Waals surface area contributed by atoms with Gasteiger partial charge in [0, 0.05) is 26.1 Å². The summed E-state index contributed by atoms with van der Waals surface area (Å²) in [5, 5.41) is 0. The van der Waals surface area contributed by atoms with Crippen LogP contribution in [0, 0.1) is 5.41 Å². The van der Waals surface area contributed by atoms with Crippen LogP contribution in [0.3, 0.4) is 0 Å². The number of hydrogen-bond acceptors (Lipinski definition) is 4. The first kappa shape index (κ1) is 16.2. The van der Waals surface area contributed by atoms with Gasteiger partial charge in [0.2, 0.25) is 5.95 Å². The molecular formula is C18H28N4O. The molecule has 3 N–H and O–H groups in total. The van der Waals surface area contributed by atoms with E-state index in [0.29, 0.717) is 12.0 Å². The van der Waals surface area contributed by atoms with Crippen molar-refractivity contribution in [3.05, 3.63) is 32.8 Å². The number of rotatable bonds is 3. The minimum atomic E-state index is -0.0782. The maximum atomic E-state index is 12.1. The molecule has 0 fully saturated rings. The van der Waals surface area contributed by atoms with Gasteiger partial charge in [0.05, 0.1) is 11.3 Å². The molecule has 5 nitrogen and oxygen atoms in total. The van der Waals surface area contributed by atoms with E-state index in [2.05, 4.69) is 35.6 Å². The van der Waals surface area contributed by atoms with E-state index >= 15 is 0 Å². The molecule has 0 atom stereocenters. The molecule has 23 heavy (non-hydrogen) atoms. The Bertz CT molecular complexity index is 687. The Morgan fingerprint density at radius 1 is 1.35 bits per heavy atom. The third kappa shape index (κ3) is 3.34. The first-order valence-electron chi connectivity index (χ1n) is 8.66. The number of hydrogen-bond donors (Lipinski definition) is 2. The van der Waals surface area contributed by atoms with Crippen LogP contribution in [0.1, 0.15) is 57.7 Å². The van der Waals surface area contributed by atoms with Crippen molar-refractivity contribution in [2.45, 2.75) is 59.4 Å². The van der Waals surface area contributed by atoms with E-state index < -0.39 is 0 Å². The highest BCUT2D eigenvalue weighted by molar-refractivity contribution is 5.27. The van der Waals surface area contributed by atoms with Crippen molar-refractivity contribution in [3.8, 4) is 0 Å². The van der Waals surface area contributed by atoms with Gasteiger partial charge in [-0.1, -0.05) is 25.0 Å². The SMILES string of the molecule is CC1=C(CCN2CCc3nc(N)[nH]c(=O)c3C2)C(C)(C)CCC1. The Labute approximate surface area is 138 Å². The summed E-state index contributed by atoms with van der Waals surface area (Å²) in [5.74, 6) is 0.229. The molecular weight excluding hydrogens is 288 g/mol. The first-order valence-corrected chi connectivity index (χ1v) is 8.66. The lowest BCUT2D eigenvalue weighted by Crippen LogP contribution is -2.37. The topological polar surface area (TPSA) is 75.0 Å². The predicted octanol–water partition coefficient (Wildman–Crippen LogP) is 2.63. The largest absolute Gasteiger partial charge is 0.369 e. The molecule has 1 aromatic heterocycles. The second-order valence-corrected chi connectivity index (χ2v) is 7.65. The van der Waals surface area contributed by atoms with E-state index in [1.54, 1.807) is 11.1 Å². The molecule has 126 valence electrons. The standard InChI is InChI=1S/C18H28N4O/c1-12-5-4-8-18(2,3)14(12)6-9-22-10-7-15-13(11-22)16(23)21-17(19)20-15/h4-11H2,1-3H3,(H3,19,20,21,23). The number of fused-ring (bicyclic) bond motifs is 1. The summed E-state index contributed by atoms with van der Waals surface area (Å²) in [6.45, 7) is 9.68. The van der Waals surface area contributed by atoms with Crippen LogP contribution < -0.4 is 11.3 Å². The minimum absolute atomic E-state index is 0.0782. The van der Waals surface area contributed by atoms with Crippen LogP contribution in [-0.2, 0) is 13.0 Å². The Kier molecular flexibility index (Phi) is 4.32. The predicted molar refractivity (Wildman–Crippen MR) is 93.2 cm³/mol. The van der Waals surface area contributed by atoms with Crippen molar-refractivity contribution in [1.82, 2.24) is 14.9 Å². The molecule has 0 saturated carbocycles. The summed E-state index contributed by atoms with van der Waals surface area (Å²) in [6, 6.07) is 0. The second kappa shape index (κ2) is 6.11. The minimum Gasteiger partial charge on any atom is -0.369 e. The van der Waals surface area contributed by atoms with Crippen molar-refractivity contribution in [2.75, 3.05) is 18.8 Å². The lowest BCUT2D eigenvalue weighted by atomic mass is 9.71. The molecule has 0 amide bonds. The number of nitrogens with two attached hydrogens (primary N) is 1. The van der Waals surface area contributed by atoms with Crippen molar-refractivity contribution in [3.63, 3.8) is 0 Å². The number of anilines is 1. The fourth-order valence-corrected chi connectivity index (χ4v) is 4.19. The lowest BCUT2D eigenvalue weighted by molar-refractivity contribution is 0.242. The summed E-state index contributed by atoms with van der Waals surface area (Å²) >= 11 is 0. The molecule has 1 aliphatic heterocycles. The Balaban J connectivity index is 1.70. The Hall–Kier alpha value is -1.62. The number of aromatic nitrogens is 2. The van der Waals surface area contributed by atoms with Crippen LogP contribution in [0.25, 0.3) is 0 Å². The van der Waals surface area contributed by atoms with E-state index in [1.807, 2.05) is 0 Å². The van der Waals surface area contributed by atoms with E-state index in [0.717, 1.165) is 37.2 Å². The van der Waals surface area contributed by atoms with Crippen molar-refractivity contribution in [2.24, 2.45) is 5.41 Å². The van der Waals surface area contributed by atoms with E-state index in [9.17, 15) is 4.79 Å². The van der Waals surface area contributed by atoms with Gasteiger partial charge in [-0.15, -0.1) is 0 Å². The fraction of sp³-hybridized carbons (Fsp3) is 0.667. The molecule has 0 bridgehead atoms. The van der Waals surface area contributed by atoms with Gasteiger partial charge in [-0.25, -0.2) is 4.98 Å². The van der Waals surface area contributed by atoms with E-state index in [-0.39, 0.29) is 11.5 Å². The molecule has 1 aromatic rings. The van der Waals surface area contributed by atoms with Crippen molar-refractivity contribution < 1.29 is 0 Å². The lowest BCUT2D eigenvalue weighted by Gasteiger charge is -2.36. The van der Waals surface area contributed by atoms with Gasteiger partial charge in [0.25, 0.3) is 5.56 Å². The molecule has 5 heteroatoms. The second-order valence-electron chi connectivity index (χ2n) is 7.65. The zero-order valence-corrected chi connectivity index (χ0v) is 14.5. The van der Waals surface area contributed by atoms with Crippen LogP contribution >= 0.6 is 0 Å². The van der Waals surface area contributed by atoms with Crippen molar-refractivity contribution >= 4 is 5.95 Å². The summed E-state index contributed by atoms with van der Waals surface area (Å²) < 4.78 is 0. The Morgan fingerprint density at radius 3 is 2.87 bits per heavy atom. The highest BCUT2D eigenvalue weighted by atomic mass is 16.1. The van der Waals surface area contributed by atoms with Crippen LogP contribution in [0.5, 0.6) is 0 Å². The van der Waals surface area contributed by atoms with E-state index in [4.69, 9.17) is 5.73 Å². The maximum absolute atomic E-state index is 12.1. The number of aromatic amines is 1. The fourth-order valence-electron chi connectivity index (χ4n) is 4.19. The molecule has 0 spiro atoms. The van der Waals surface area contributed by atoms with Gasteiger partial charge >= 0.3 is 0 Å². The molecule has 2 heterocycles. The van der Waals surface area contributed by atoms with Crippen LogP contribution in [0.4, 0.5) is 5.95 Å². The molecule has 3 rings (SSSR count). The summed E-state index contributed by atoms with van der Waals surface area (Å²) in [4.78, 5) is 21.4. The molecule has 0 unspecified atom stereocenters. The van der Waals surface area contributed by atoms with Gasteiger partial charge in [0.1, 0.15) is 0 Å². The van der Waals surface area contributed by atoms with Gasteiger partial charge < -0.3 is 5.73 Å². The van der Waals surface area contributed by atoms with E-state index in [1.165, 1.54) is 19.3 Å². The summed E-state index contributed by atoms with van der Waals surface area (Å²) in [6.07, 6.45) is 5.75. The first-order chi connectivity index (χ1) is 10.9. The average Bonchev–Trinajstić information content (AvgIpc) is 2.46. The molecule has 0 saturated heterocycles. The van der Waals surface area contributed by atoms with Crippen LogP contribution in [0.2, 0.25) is 0 Å². The summed E-state index contributed by atoms with van der Waals surface area (Å²) in [5.41, 5.74) is 10.7. The highest BCUT2D eigenvalue weighted by Gasteiger charge is 2.29. The third-order valence-corrected chi connectivity index (χ3v) is 5.53. The monoisotopic (exact) mass is 316 g/mol. The van der Waals surface area contributed by atoms with Gasteiger partial charge in [-0.05, 0) is 38.0 Å². The zero-order valence-electron chi connectivity index (χ0n) is 14.5. The maximum Gasteiger partial charge on any atom is 0.257 e. The number of allylic oxidation sites excluding steroid dienone is 1. The summed E-state index contributed by atoms with van der Waals surface area (Å²) in [7, 11) is 0. The molecule has 0 aromatic carbocycles. The smallest absolute Gasteiger partial charge is 0.257 e. The molecule has 2 aliphatic rings. The number of nitrogens with one attached hydrogen (secondary N) is 1. The Morgan fingerprint density at radius 2 is 2.13 bits per heavy atom. The zero-order chi connectivity index (χ0) is 16.6. The number of H-pyrrole nitrogens is 1. The quantitative estimate of drug-likeness (QED) is 0.841.